The number of esters is 1. The van der Waals surface area contributed by atoms with Crippen LogP contribution in [0.4, 0.5) is 11.4 Å². The van der Waals surface area contributed by atoms with Gasteiger partial charge in [0.25, 0.3) is 5.91 Å². The van der Waals surface area contributed by atoms with E-state index < -0.39 is 11.5 Å². The molecular formula is C21H24N2O4. The van der Waals surface area contributed by atoms with E-state index in [1.54, 1.807) is 29.2 Å². The van der Waals surface area contributed by atoms with Gasteiger partial charge in [0.05, 0.1) is 30.1 Å². The number of amides is 1. The molecule has 0 spiro atoms. The number of rotatable bonds is 6. The van der Waals surface area contributed by atoms with Crippen molar-refractivity contribution in [1.82, 2.24) is 0 Å². The lowest BCUT2D eigenvalue weighted by Gasteiger charge is -2.39. The van der Waals surface area contributed by atoms with Crippen LogP contribution in [0.25, 0.3) is 0 Å². The van der Waals surface area contributed by atoms with Crippen molar-refractivity contribution in [1.29, 1.82) is 0 Å². The summed E-state index contributed by atoms with van der Waals surface area (Å²) < 4.78 is 10.8. The van der Waals surface area contributed by atoms with Gasteiger partial charge < -0.3 is 19.7 Å². The molecule has 2 aromatic carbocycles. The molecule has 0 fully saturated rings. The third-order valence-electron chi connectivity index (χ3n) is 4.35. The molecule has 6 heteroatoms. The van der Waals surface area contributed by atoms with Crippen LogP contribution in [-0.4, -0.2) is 37.2 Å². The number of carbonyl (C=O) groups excluding carboxylic acids is 2. The maximum Gasteiger partial charge on any atom is 0.338 e. The smallest absolute Gasteiger partial charge is 0.338 e. The van der Waals surface area contributed by atoms with Gasteiger partial charge in [-0.05, 0) is 51.1 Å². The van der Waals surface area contributed by atoms with E-state index in [0.29, 0.717) is 17.9 Å². The van der Waals surface area contributed by atoms with Crippen LogP contribution in [0.2, 0.25) is 0 Å². The molecule has 0 saturated heterocycles. The number of carbonyl (C=O) groups is 2. The Morgan fingerprint density at radius 3 is 2.70 bits per heavy atom. The summed E-state index contributed by atoms with van der Waals surface area (Å²) in [5.74, 6) is 0.127. The summed E-state index contributed by atoms with van der Waals surface area (Å²) in [7, 11) is 0. The van der Waals surface area contributed by atoms with E-state index in [4.69, 9.17) is 9.47 Å². The van der Waals surface area contributed by atoms with Gasteiger partial charge in [-0.1, -0.05) is 18.2 Å². The molecule has 27 heavy (non-hydrogen) atoms. The van der Waals surface area contributed by atoms with Gasteiger partial charge in [-0.25, -0.2) is 4.79 Å². The Morgan fingerprint density at radius 1 is 1.15 bits per heavy atom. The van der Waals surface area contributed by atoms with E-state index in [-0.39, 0.29) is 19.1 Å². The Hall–Kier alpha value is -3.02. The average Bonchev–Trinajstić information content (AvgIpc) is 2.65. The molecule has 142 valence electrons. The van der Waals surface area contributed by atoms with E-state index in [0.717, 1.165) is 11.4 Å². The minimum absolute atomic E-state index is 0.0596. The number of hydrogen-bond acceptors (Lipinski definition) is 5. The number of nitrogens with one attached hydrogen (secondary N) is 1. The molecule has 3 rings (SSSR count). The zero-order valence-electron chi connectivity index (χ0n) is 15.8. The van der Waals surface area contributed by atoms with E-state index in [1.807, 2.05) is 45.0 Å². The zero-order chi connectivity index (χ0) is 19.4. The molecule has 1 amide bonds. The standard InChI is InChI=1S/C21H24N2O4/c1-4-26-16-9-7-8-15(14-16)19(24)27-13-12-23-18-11-6-5-10-17(18)22-21(2,3)20(23)25/h5-11,14,22H,4,12-13H2,1-3H3. The average molecular weight is 368 g/mol. The maximum absolute atomic E-state index is 12.8. The Bertz CT molecular complexity index is 848. The largest absolute Gasteiger partial charge is 0.494 e. The van der Waals surface area contributed by atoms with Crippen LogP contribution in [0, 0.1) is 0 Å². The number of nitrogens with zero attached hydrogens (tertiary/aromatic N) is 1. The van der Waals surface area contributed by atoms with Gasteiger partial charge in [-0.3, -0.25) is 4.79 Å². The van der Waals surface area contributed by atoms with E-state index >= 15 is 0 Å². The van der Waals surface area contributed by atoms with Crippen LogP contribution in [0.5, 0.6) is 5.75 Å². The highest BCUT2D eigenvalue weighted by molar-refractivity contribution is 6.07. The highest BCUT2D eigenvalue weighted by Crippen LogP contribution is 2.34. The zero-order valence-corrected chi connectivity index (χ0v) is 15.8. The molecular weight excluding hydrogens is 344 g/mol. The summed E-state index contributed by atoms with van der Waals surface area (Å²) in [6.45, 7) is 6.48. The van der Waals surface area contributed by atoms with Gasteiger partial charge in [0, 0.05) is 0 Å². The highest BCUT2D eigenvalue weighted by Gasteiger charge is 2.38. The molecule has 0 aromatic heterocycles. The first kappa shape index (κ1) is 18.8. The molecule has 0 radical (unpaired) electrons. The Morgan fingerprint density at radius 2 is 1.93 bits per heavy atom. The second-order valence-corrected chi connectivity index (χ2v) is 6.82. The summed E-state index contributed by atoms with van der Waals surface area (Å²) in [4.78, 5) is 26.7. The number of fused-ring (bicyclic) bond motifs is 1. The van der Waals surface area contributed by atoms with Crippen LogP contribution in [0.3, 0.4) is 0 Å². The van der Waals surface area contributed by atoms with Crippen molar-refractivity contribution in [2.24, 2.45) is 0 Å². The van der Waals surface area contributed by atoms with E-state index in [2.05, 4.69) is 5.32 Å². The number of ether oxygens (including phenoxy) is 2. The molecule has 1 heterocycles. The van der Waals surface area contributed by atoms with Crippen LogP contribution < -0.4 is 15.0 Å². The minimum Gasteiger partial charge on any atom is -0.494 e. The first-order valence-corrected chi connectivity index (χ1v) is 9.01. The predicted molar refractivity (Wildman–Crippen MR) is 104 cm³/mol. The quantitative estimate of drug-likeness (QED) is 0.791. The lowest BCUT2D eigenvalue weighted by Crippen LogP contribution is -2.54. The second-order valence-electron chi connectivity index (χ2n) is 6.82. The van der Waals surface area contributed by atoms with Crippen molar-refractivity contribution in [3.05, 3.63) is 54.1 Å². The Labute approximate surface area is 159 Å². The molecule has 2 aromatic rings. The van der Waals surface area contributed by atoms with Crippen molar-refractivity contribution in [2.45, 2.75) is 26.3 Å². The van der Waals surface area contributed by atoms with Gasteiger partial charge in [0.15, 0.2) is 0 Å². The third-order valence-corrected chi connectivity index (χ3v) is 4.35. The van der Waals surface area contributed by atoms with Crippen LogP contribution in [0.1, 0.15) is 31.1 Å². The first-order chi connectivity index (χ1) is 12.9. The van der Waals surface area contributed by atoms with Crippen molar-refractivity contribution in [3.63, 3.8) is 0 Å². The summed E-state index contributed by atoms with van der Waals surface area (Å²) in [6, 6.07) is 14.5. The highest BCUT2D eigenvalue weighted by atomic mass is 16.5. The molecule has 6 nitrogen and oxygen atoms in total. The van der Waals surface area contributed by atoms with Crippen molar-refractivity contribution in [3.8, 4) is 5.75 Å². The van der Waals surface area contributed by atoms with E-state index in [9.17, 15) is 9.59 Å². The fraction of sp³-hybridized carbons (Fsp3) is 0.333. The molecule has 1 N–H and O–H groups in total. The summed E-state index contributed by atoms with van der Waals surface area (Å²) in [5, 5.41) is 3.25. The van der Waals surface area contributed by atoms with Gasteiger partial charge in [0.2, 0.25) is 0 Å². The first-order valence-electron chi connectivity index (χ1n) is 9.01. The van der Waals surface area contributed by atoms with Gasteiger partial charge in [-0.15, -0.1) is 0 Å². The fourth-order valence-electron chi connectivity index (χ4n) is 3.07. The molecule has 0 atom stereocenters. The Balaban J connectivity index is 1.67. The lowest BCUT2D eigenvalue weighted by molar-refractivity contribution is -0.122. The fourth-order valence-corrected chi connectivity index (χ4v) is 3.07. The van der Waals surface area contributed by atoms with Gasteiger partial charge >= 0.3 is 5.97 Å². The third kappa shape index (κ3) is 4.05. The van der Waals surface area contributed by atoms with Crippen LogP contribution in [-0.2, 0) is 9.53 Å². The van der Waals surface area contributed by atoms with Gasteiger partial charge in [0.1, 0.15) is 17.9 Å². The molecule has 0 saturated carbocycles. The number of para-hydroxylation sites is 2. The SMILES string of the molecule is CCOc1cccc(C(=O)OCCN2C(=O)C(C)(C)Nc3ccccc32)c1. The summed E-state index contributed by atoms with van der Waals surface area (Å²) >= 11 is 0. The molecule has 1 aliphatic rings. The van der Waals surface area contributed by atoms with E-state index in [1.165, 1.54) is 0 Å². The van der Waals surface area contributed by atoms with Crippen molar-refractivity contribution >= 4 is 23.3 Å². The summed E-state index contributed by atoms with van der Waals surface area (Å²) in [5.41, 5.74) is 1.38. The normalized spacial score (nSPS) is 14.9. The number of benzene rings is 2. The van der Waals surface area contributed by atoms with Crippen molar-refractivity contribution in [2.75, 3.05) is 30.0 Å². The monoisotopic (exact) mass is 368 g/mol. The molecule has 0 unspecified atom stereocenters. The Kier molecular flexibility index (Phi) is 5.35. The molecule has 1 aliphatic heterocycles. The number of anilines is 2. The topological polar surface area (TPSA) is 67.9 Å². The molecule has 0 bridgehead atoms. The number of hydrogen-bond donors (Lipinski definition) is 1. The second kappa shape index (κ2) is 7.70. The lowest BCUT2D eigenvalue weighted by atomic mass is 9.98. The maximum atomic E-state index is 12.8. The van der Waals surface area contributed by atoms with Crippen LogP contribution >= 0.6 is 0 Å². The summed E-state index contributed by atoms with van der Waals surface area (Å²) in [6.07, 6.45) is 0. The predicted octanol–water partition coefficient (Wildman–Crippen LogP) is 3.48. The minimum atomic E-state index is -0.718. The van der Waals surface area contributed by atoms with Crippen LogP contribution in [0.15, 0.2) is 48.5 Å². The van der Waals surface area contributed by atoms with Gasteiger partial charge in [-0.2, -0.15) is 0 Å². The van der Waals surface area contributed by atoms with Crippen molar-refractivity contribution < 1.29 is 19.1 Å². The molecule has 0 aliphatic carbocycles.